The van der Waals surface area contributed by atoms with Gasteiger partial charge in [0.25, 0.3) is 5.56 Å². The van der Waals surface area contributed by atoms with E-state index in [1.54, 1.807) is 7.05 Å². The van der Waals surface area contributed by atoms with E-state index < -0.39 is 23.0 Å². The predicted molar refractivity (Wildman–Crippen MR) is 82.9 cm³/mol. The molecule has 0 aliphatic carbocycles. The topological polar surface area (TPSA) is 81.4 Å². The van der Waals surface area contributed by atoms with Crippen LogP contribution in [0.15, 0.2) is 23.3 Å². The van der Waals surface area contributed by atoms with E-state index in [2.05, 4.69) is 20.3 Å². The number of aryl methyl sites for hydroxylation is 1. The fourth-order valence-corrected chi connectivity index (χ4v) is 2.39. The summed E-state index contributed by atoms with van der Waals surface area (Å²) in [5.41, 5.74) is -0.753. The third-order valence-electron chi connectivity index (χ3n) is 3.41. The van der Waals surface area contributed by atoms with Gasteiger partial charge in [-0.3, -0.25) is 19.1 Å². The van der Waals surface area contributed by atoms with Crippen LogP contribution >= 0.6 is 12.2 Å². The summed E-state index contributed by atoms with van der Waals surface area (Å²) in [5.74, 6) is -3.14. The molecule has 3 rings (SSSR count). The second-order valence-electron chi connectivity index (χ2n) is 5.24. The van der Waals surface area contributed by atoms with Crippen molar-refractivity contribution in [3.8, 4) is 0 Å². The van der Waals surface area contributed by atoms with Crippen LogP contribution in [0.1, 0.15) is 17.1 Å². The highest BCUT2D eigenvalue weighted by Gasteiger charge is 2.15. The minimum atomic E-state index is -1.31. The van der Waals surface area contributed by atoms with E-state index in [0.29, 0.717) is 18.0 Å². The van der Waals surface area contributed by atoms with Crippen LogP contribution in [0.25, 0.3) is 0 Å². The van der Waals surface area contributed by atoms with Crippen molar-refractivity contribution in [3.63, 3.8) is 0 Å². The Balaban J connectivity index is 1.99. The summed E-state index contributed by atoms with van der Waals surface area (Å²) in [6.07, 6.45) is 1.50. The highest BCUT2D eigenvalue weighted by molar-refractivity contribution is 7.71. The van der Waals surface area contributed by atoms with Crippen LogP contribution in [-0.4, -0.2) is 29.5 Å². The minimum absolute atomic E-state index is 0.0338. The molecule has 1 aromatic carbocycles. The van der Waals surface area contributed by atoms with E-state index >= 15 is 0 Å². The van der Waals surface area contributed by atoms with Crippen LogP contribution in [-0.2, 0) is 20.0 Å². The Kier molecular flexibility index (Phi) is 4.49. The Morgan fingerprint density at radius 1 is 1.20 bits per heavy atom. The molecule has 0 spiro atoms. The molecule has 0 saturated carbocycles. The monoisotopic (exact) mass is 368 g/mol. The number of hydrogen-bond acceptors (Lipinski definition) is 5. The number of halogens is 3. The Bertz CT molecular complexity index is 1060. The molecule has 0 fully saturated rings. The van der Waals surface area contributed by atoms with Gasteiger partial charge in [0, 0.05) is 18.7 Å². The van der Waals surface area contributed by atoms with Crippen molar-refractivity contribution in [2.24, 2.45) is 7.05 Å². The molecule has 0 saturated heterocycles. The van der Waals surface area contributed by atoms with E-state index in [-0.39, 0.29) is 29.0 Å². The second kappa shape index (κ2) is 6.59. The number of H-pyrrole nitrogens is 1. The maximum absolute atomic E-state index is 13.8. The van der Waals surface area contributed by atoms with Crippen LogP contribution in [0.3, 0.4) is 0 Å². The molecular formula is C14H11F3N6OS. The number of benzene rings is 1. The molecule has 25 heavy (non-hydrogen) atoms. The Morgan fingerprint density at radius 3 is 2.60 bits per heavy atom. The summed E-state index contributed by atoms with van der Waals surface area (Å²) in [6.45, 7) is -0.373. The SMILES string of the molecule is Cn1cnc(Cc2n[nH]c(=S)n(Cc3cc(F)c(F)cc3F)c2=O)n1. The predicted octanol–water partition coefficient (Wildman–Crippen LogP) is 1.49. The zero-order valence-corrected chi connectivity index (χ0v) is 13.6. The fraction of sp³-hybridized carbons (Fsp3) is 0.214. The average Bonchev–Trinajstić information content (AvgIpc) is 2.96. The van der Waals surface area contributed by atoms with Gasteiger partial charge < -0.3 is 0 Å². The number of aromatic nitrogens is 6. The van der Waals surface area contributed by atoms with Gasteiger partial charge in [0.2, 0.25) is 0 Å². The molecule has 3 aromatic rings. The van der Waals surface area contributed by atoms with Crippen molar-refractivity contribution >= 4 is 12.2 Å². The maximum Gasteiger partial charge on any atom is 0.277 e. The zero-order valence-electron chi connectivity index (χ0n) is 12.8. The third-order valence-corrected chi connectivity index (χ3v) is 3.73. The molecule has 7 nitrogen and oxygen atoms in total. The van der Waals surface area contributed by atoms with Crippen LogP contribution in [0, 0.1) is 22.2 Å². The van der Waals surface area contributed by atoms with E-state index in [0.717, 1.165) is 4.57 Å². The lowest BCUT2D eigenvalue weighted by atomic mass is 10.2. The molecule has 0 radical (unpaired) electrons. The number of aromatic amines is 1. The highest BCUT2D eigenvalue weighted by Crippen LogP contribution is 2.14. The summed E-state index contributed by atoms with van der Waals surface area (Å²) in [7, 11) is 1.67. The third kappa shape index (κ3) is 3.50. The van der Waals surface area contributed by atoms with Crippen molar-refractivity contribution < 1.29 is 13.2 Å². The second-order valence-corrected chi connectivity index (χ2v) is 5.62. The van der Waals surface area contributed by atoms with Gasteiger partial charge in [-0.25, -0.2) is 18.2 Å². The lowest BCUT2D eigenvalue weighted by Crippen LogP contribution is -2.28. The molecule has 0 aliphatic rings. The van der Waals surface area contributed by atoms with Crippen molar-refractivity contribution in [1.82, 2.24) is 29.5 Å². The molecule has 0 amide bonds. The molecule has 0 unspecified atom stereocenters. The zero-order chi connectivity index (χ0) is 18.1. The van der Waals surface area contributed by atoms with Gasteiger partial charge in [-0.1, -0.05) is 0 Å². The molecule has 1 N–H and O–H groups in total. The van der Waals surface area contributed by atoms with E-state index in [9.17, 15) is 18.0 Å². The van der Waals surface area contributed by atoms with Crippen LogP contribution < -0.4 is 5.56 Å². The van der Waals surface area contributed by atoms with Gasteiger partial charge in [0.15, 0.2) is 22.2 Å². The quantitative estimate of drug-likeness (QED) is 0.557. The summed E-state index contributed by atoms with van der Waals surface area (Å²) >= 11 is 4.99. The first-order valence-corrected chi connectivity index (χ1v) is 7.42. The maximum atomic E-state index is 13.8. The lowest BCUT2D eigenvalue weighted by molar-refractivity contribution is 0.486. The molecule has 130 valence electrons. The van der Waals surface area contributed by atoms with Crippen LogP contribution in [0.5, 0.6) is 0 Å². The normalized spacial score (nSPS) is 11.0. The number of rotatable bonds is 4. The first-order chi connectivity index (χ1) is 11.8. The molecule has 0 bridgehead atoms. The Hall–Kier alpha value is -2.82. The van der Waals surface area contributed by atoms with Gasteiger partial charge in [0.1, 0.15) is 17.8 Å². The first kappa shape index (κ1) is 17.0. The number of nitrogens with one attached hydrogen (secondary N) is 1. The first-order valence-electron chi connectivity index (χ1n) is 7.01. The summed E-state index contributed by atoms with van der Waals surface area (Å²) in [6, 6.07) is 1.11. The summed E-state index contributed by atoms with van der Waals surface area (Å²) in [5, 5.41) is 10.4. The van der Waals surface area contributed by atoms with Crippen molar-refractivity contribution in [2.75, 3.05) is 0 Å². The van der Waals surface area contributed by atoms with Gasteiger partial charge >= 0.3 is 0 Å². The summed E-state index contributed by atoms with van der Waals surface area (Å²) in [4.78, 5) is 16.5. The van der Waals surface area contributed by atoms with E-state index in [1.807, 2.05) is 0 Å². The van der Waals surface area contributed by atoms with Crippen molar-refractivity contribution in [2.45, 2.75) is 13.0 Å². The van der Waals surface area contributed by atoms with Gasteiger partial charge in [0.05, 0.1) is 13.0 Å². The van der Waals surface area contributed by atoms with Gasteiger partial charge in [-0.2, -0.15) is 10.2 Å². The molecule has 2 aromatic heterocycles. The molecular weight excluding hydrogens is 357 g/mol. The van der Waals surface area contributed by atoms with E-state index in [4.69, 9.17) is 12.2 Å². The largest absolute Gasteiger partial charge is 0.278 e. The number of hydrogen-bond donors (Lipinski definition) is 1. The molecule has 0 atom stereocenters. The van der Waals surface area contributed by atoms with Crippen LogP contribution in [0.2, 0.25) is 0 Å². The molecule has 11 heteroatoms. The molecule has 2 heterocycles. The van der Waals surface area contributed by atoms with Gasteiger partial charge in [-0.05, 0) is 18.3 Å². The Morgan fingerprint density at radius 2 is 1.92 bits per heavy atom. The average molecular weight is 368 g/mol. The smallest absolute Gasteiger partial charge is 0.277 e. The van der Waals surface area contributed by atoms with Crippen LogP contribution in [0.4, 0.5) is 13.2 Å². The van der Waals surface area contributed by atoms with Crippen molar-refractivity contribution in [1.29, 1.82) is 0 Å². The van der Waals surface area contributed by atoms with Crippen molar-refractivity contribution in [3.05, 3.63) is 68.1 Å². The number of nitrogens with zero attached hydrogens (tertiary/aromatic N) is 5. The molecule has 0 aliphatic heterocycles. The summed E-state index contributed by atoms with van der Waals surface area (Å²) < 4.78 is 42.6. The Labute approximate surface area is 143 Å². The van der Waals surface area contributed by atoms with Gasteiger partial charge in [-0.15, -0.1) is 0 Å². The fourth-order valence-electron chi connectivity index (χ4n) is 2.20. The highest BCUT2D eigenvalue weighted by atomic mass is 32.1. The standard InChI is InChI=1S/C14H11F3N6OS/c1-22-6-18-12(21-22)4-11-13(24)23(14(25)20-19-11)5-7-2-9(16)10(17)3-8(7)15/h2-3,6H,4-5H2,1H3,(H,20,25). The minimum Gasteiger partial charge on any atom is -0.278 e. The lowest BCUT2D eigenvalue weighted by Gasteiger charge is -2.09. The van der Waals surface area contributed by atoms with E-state index in [1.165, 1.54) is 11.0 Å².